The van der Waals surface area contributed by atoms with Crippen molar-refractivity contribution in [1.82, 2.24) is 5.16 Å². The third kappa shape index (κ3) is 3.03. The van der Waals surface area contributed by atoms with Crippen molar-refractivity contribution >= 4 is 23.4 Å². The zero-order chi connectivity index (χ0) is 11.4. The molecule has 0 radical (unpaired) electrons. The van der Waals surface area contributed by atoms with Gasteiger partial charge in [0.15, 0.2) is 0 Å². The van der Waals surface area contributed by atoms with Crippen molar-refractivity contribution in [2.75, 3.05) is 0 Å². The molecular weight excluding hydrogens is 242 g/mol. The van der Waals surface area contributed by atoms with Crippen molar-refractivity contribution in [2.24, 2.45) is 0 Å². The van der Waals surface area contributed by atoms with Gasteiger partial charge < -0.3 is 4.52 Å². The molecule has 1 heterocycles. The van der Waals surface area contributed by atoms with Crippen LogP contribution in [0.5, 0.6) is 0 Å². The lowest BCUT2D eigenvalue weighted by molar-refractivity contribution is 0.393. The molecule has 0 saturated carbocycles. The summed E-state index contributed by atoms with van der Waals surface area (Å²) in [6.07, 6.45) is 0. The first kappa shape index (κ1) is 11.6. The fourth-order valence-corrected chi connectivity index (χ4v) is 2.57. The van der Waals surface area contributed by atoms with Gasteiger partial charge in [0.2, 0.25) is 0 Å². The first-order chi connectivity index (χ1) is 7.75. The number of hydrogen-bond donors (Lipinski definition) is 0. The lowest BCUT2D eigenvalue weighted by atomic mass is 10.2. The zero-order valence-electron chi connectivity index (χ0n) is 8.94. The van der Waals surface area contributed by atoms with E-state index in [-0.39, 0.29) is 0 Å². The quantitative estimate of drug-likeness (QED) is 0.822. The minimum Gasteiger partial charge on any atom is -0.361 e. The summed E-state index contributed by atoms with van der Waals surface area (Å²) in [5.41, 5.74) is 2.14. The summed E-state index contributed by atoms with van der Waals surface area (Å²) in [5, 5.41) is 4.77. The Morgan fingerprint density at radius 1 is 1.31 bits per heavy atom. The minimum atomic E-state index is 0.825. The van der Waals surface area contributed by atoms with Crippen molar-refractivity contribution in [2.45, 2.75) is 18.4 Å². The van der Waals surface area contributed by atoms with Crippen LogP contribution in [0.1, 0.15) is 17.0 Å². The van der Waals surface area contributed by atoms with Gasteiger partial charge in [-0.3, -0.25) is 0 Å². The van der Waals surface area contributed by atoms with Crippen LogP contribution in [0.4, 0.5) is 0 Å². The Hall–Kier alpha value is -0.930. The van der Waals surface area contributed by atoms with E-state index in [0.29, 0.717) is 0 Å². The molecule has 2 rings (SSSR count). The second-order valence-electron chi connectivity index (χ2n) is 3.51. The molecule has 2 nitrogen and oxygen atoms in total. The van der Waals surface area contributed by atoms with E-state index in [1.54, 1.807) is 11.8 Å². The highest BCUT2D eigenvalue weighted by Gasteiger charge is 2.02. The third-order valence-corrected chi connectivity index (χ3v) is 3.53. The lowest BCUT2D eigenvalue weighted by Gasteiger charge is -2.02. The molecule has 0 unspecified atom stereocenters. The molecule has 0 N–H and O–H groups in total. The highest BCUT2D eigenvalue weighted by molar-refractivity contribution is 7.97. The largest absolute Gasteiger partial charge is 0.361 e. The maximum absolute atomic E-state index is 6.06. The maximum Gasteiger partial charge on any atom is 0.133 e. The van der Waals surface area contributed by atoms with Gasteiger partial charge in [-0.25, -0.2) is 0 Å². The lowest BCUT2D eigenvalue weighted by Crippen LogP contribution is -1.84. The van der Waals surface area contributed by atoms with Crippen LogP contribution >= 0.6 is 23.4 Å². The van der Waals surface area contributed by atoms with E-state index in [2.05, 4.69) is 5.16 Å². The van der Waals surface area contributed by atoms with Gasteiger partial charge in [0.1, 0.15) is 5.76 Å². The van der Waals surface area contributed by atoms with Crippen LogP contribution in [-0.4, -0.2) is 5.16 Å². The molecule has 0 aliphatic rings. The van der Waals surface area contributed by atoms with Gasteiger partial charge >= 0.3 is 0 Å². The van der Waals surface area contributed by atoms with Crippen molar-refractivity contribution in [3.8, 4) is 0 Å². The third-order valence-electron chi connectivity index (χ3n) is 2.14. The van der Waals surface area contributed by atoms with Crippen LogP contribution in [0.2, 0.25) is 5.02 Å². The van der Waals surface area contributed by atoms with E-state index < -0.39 is 0 Å². The summed E-state index contributed by atoms with van der Waals surface area (Å²) >= 11 is 7.84. The fourth-order valence-electron chi connectivity index (χ4n) is 1.37. The number of halogens is 1. The predicted molar refractivity (Wildman–Crippen MR) is 67.7 cm³/mol. The Bertz CT molecular complexity index is 470. The van der Waals surface area contributed by atoms with Crippen molar-refractivity contribution in [1.29, 1.82) is 0 Å². The number of thioether (sulfide) groups is 1. The normalized spacial score (nSPS) is 10.6. The maximum atomic E-state index is 6.06. The van der Waals surface area contributed by atoms with Crippen LogP contribution < -0.4 is 0 Å². The van der Waals surface area contributed by atoms with Gasteiger partial charge in [0, 0.05) is 22.6 Å². The van der Waals surface area contributed by atoms with Crippen molar-refractivity contribution in [3.63, 3.8) is 0 Å². The fraction of sp³-hybridized carbons (Fsp3) is 0.250. The van der Waals surface area contributed by atoms with E-state index >= 15 is 0 Å². The van der Waals surface area contributed by atoms with E-state index in [1.807, 2.05) is 37.3 Å². The number of hydrogen-bond acceptors (Lipinski definition) is 3. The van der Waals surface area contributed by atoms with Gasteiger partial charge in [0.25, 0.3) is 0 Å². The summed E-state index contributed by atoms with van der Waals surface area (Å²) in [5.74, 6) is 2.60. The zero-order valence-corrected chi connectivity index (χ0v) is 10.5. The van der Waals surface area contributed by atoms with E-state index in [9.17, 15) is 0 Å². The van der Waals surface area contributed by atoms with Crippen LogP contribution in [0.15, 0.2) is 34.9 Å². The molecule has 0 spiro atoms. The Kier molecular flexibility index (Phi) is 3.91. The molecule has 0 atom stereocenters. The molecular formula is C12H12ClNOS. The van der Waals surface area contributed by atoms with E-state index in [1.165, 1.54) is 0 Å². The minimum absolute atomic E-state index is 0.825. The number of aryl methyl sites for hydroxylation is 1. The highest BCUT2D eigenvalue weighted by Crippen LogP contribution is 2.23. The molecule has 4 heteroatoms. The van der Waals surface area contributed by atoms with Gasteiger partial charge in [-0.05, 0) is 18.6 Å². The van der Waals surface area contributed by atoms with Crippen molar-refractivity contribution in [3.05, 3.63) is 52.4 Å². The Labute approximate surface area is 104 Å². The molecule has 2 aromatic rings. The van der Waals surface area contributed by atoms with Crippen LogP contribution in [-0.2, 0) is 11.5 Å². The van der Waals surface area contributed by atoms with Crippen LogP contribution in [0.25, 0.3) is 0 Å². The van der Waals surface area contributed by atoms with E-state index in [0.717, 1.165) is 33.5 Å². The summed E-state index contributed by atoms with van der Waals surface area (Å²) in [6, 6.07) is 9.86. The second-order valence-corrected chi connectivity index (χ2v) is 4.91. The second kappa shape index (κ2) is 5.41. The summed E-state index contributed by atoms with van der Waals surface area (Å²) < 4.78 is 5.00. The summed E-state index contributed by atoms with van der Waals surface area (Å²) in [7, 11) is 0. The van der Waals surface area contributed by atoms with E-state index in [4.69, 9.17) is 16.1 Å². The monoisotopic (exact) mass is 253 g/mol. The van der Waals surface area contributed by atoms with Crippen LogP contribution in [0, 0.1) is 6.92 Å². The number of nitrogens with zero attached hydrogens (tertiary/aromatic N) is 1. The van der Waals surface area contributed by atoms with Gasteiger partial charge in [-0.15, -0.1) is 0 Å². The smallest absolute Gasteiger partial charge is 0.133 e. The molecule has 1 aromatic carbocycles. The Balaban J connectivity index is 1.87. The molecule has 0 aliphatic heterocycles. The topological polar surface area (TPSA) is 26.0 Å². The molecule has 0 fully saturated rings. The molecule has 0 amide bonds. The Morgan fingerprint density at radius 2 is 2.12 bits per heavy atom. The Morgan fingerprint density at radius 3 is 2.81 bits per heavy atom. The first-order valence-electron chi connectivity index (χ1n) is 4.99. The summed E-state index contributed by atoms with van der Waals surface area (Å²) in [6.45, 7) is 1.90. The van der Waals surface area contributed by atoms with Gasteiger partial charge in [-0.2, -0.15) is 11.8 Å². The number of aromatic nitrogens is 1. The van der Waals surface area contributed by atoms with Crippen LogP contribution in [0.3, 0.4) is 0 Å². The molecule has 1 aromatic heterocycles. The average Bonchev–Trinajstić information content (AvgIpc) is 2.67. The summed E-state index contributed by atoms with van der Waals surface area (Å²) in [4.78, 5) is 0. The first-order valence-corrected chi connectivity index (χ1v) is 6.52. The standard InChI is InChI=1S/C12H12ClNOS/c1-9-6-11(14-15-9)8-16-7-10-4-2-3-5-12(10)13/h2-6H,7-8H2,1H3. The predicted octanol–water partition coefficient (Wildman–Crippen LogP) is 4.07. The molecule has 84 valence electrons. The van der Waals surface area contributed by atoms with Crippen molar-refractivity contribution < 1.29 is 4.52 Å². The molecule has 16 heavy (non-hydrogen) atoms. The SMILES string of the molecule is Cc1cc(CSCc2ccccc2Cl)no1. The molecule has 0 saturated heterocycles. The van der Waals surface area contributed by atoms with Gasteiger partial charge in [-0.1, -0.05) is 35.0 Å². The number of benzene rings is 1. The molecule has 0 bridgehead atoms. The number of rotatable bonds is 4. The highest BCUT2D eigenvalue weighted by atomic mass is 35.5. The molecule has 0 aliphatic carbocycles. The van der Waals surface area contributed by atoms with Gasteiger partial charge in [0.05, 0.1) is 5.69 Å². The average molecular weight is 254 g/mol.